The Morgan fingerprint density at radius 3 is 3.07 bits per heavy atom. The highest BCUT2D eigenvalue weighted by Crippen LogP contribution is 2.40. The van der Waals surface area contributed by atoms with Crippen LogP contribution in [-0.4, -0.2) is 28.5 Å². The number of nitrogens with two attached hydrogens (primary N) is 1. The van der Waals surface area contributed by atoms with Crippen LogP contribution in [0.1, 0.15) is 6.42 Å². The number of nitrogens with one attached hydrogen (secondary N) is 2. The Bertz CT molecular complexity index is 964. The minimum Gasteiger partial charge on any atom is -0.489 e. The summed E-state index contributed by atoms with van der Waals surface area (Å²) >= 11 is 0. The number of carbonyl (C=O) groups is 1. The molecule has 1 aliphatic carbocycles. The van der Waals surface area contributed by atoms with Crippen LogP contribution in [-0.2, 0) is 4.79 Å². The molecule has 8 heteroatoms. The summed E-state index contributed by atoms with van der Waals surface area (Å²) in [5, 5.41) is 6.14. The molecule has 2 heterocycles. The number of primary amides is 1. The highest BCUT2D eigenvalue weighted by molar-refractivity contribution is 5.79. The third-order valence-corrected chi connectivity index (χ3v) is 5.35. The van der Waals surface area contributed by atoms with Crippen molar-refractivity contribution in [1.82, 2.24) is 9.97 Å². The van der Waals surface area contributed by atoms with Crippen molar-refractivity contribution in [2.45, 2.75) is 12.5 Å². The number of anilines is 3. The number of hydrogen-bond acceptors (Lipinski definition) is 6. The molecule has 0 saturated heterocycles. The molecule has 7 nitrogen and oxygen atoms in total. The zero-order valence-corrected chi connectivity index (χ0v) is 15.7. The average molecular weight is 395 g/mol. The second-order valence-corrected chi connectivity index (χ2v) is 7.18. The van der Waals surface area contributed by atoms with Gasteiger partial charge in [-0.25, -0.2) is 9.37 Å². The Morgan fingerprint density at radius 2 is 2.28 bits per heavy atom. The number of allylic oxidation sites excluding steroid dienone is 1. The van der Waals surface area contributed by atoms with Gasteiger partial charge in [0.25, 0.3) is 0 Å². The van der Waals surface area contributed by atoms with Crippen LogP contribution in [0.2, 0.25) is 0 Å². The van der Waals surface area contributed by atoms with Crippen molar-refractivity contribution in [3.8, 4) is 5.75 Å². The lowest BCUT2D eigenvalue weighted by Gasteiger charge is -2.25. The van der Waals surface area contributed by atoms with Crippen molar-refractivity contribution in [2.24, 2.45) is 23.5 Å². The van der Waals surface area contributed by atoms with Gasteiger partial charge in [0.05, 0.1) is 12.1 Å². The second kappa shape index (κ2) is 7.90. The van der Waals surface area contributed by atoms with Gasteiger partial charge in [-0.1, -0.05) is 24.3 Å². The quantitative estimate of drug-likeness (QED) is 0.676. The number of fused-ring (bicyclic) bond motifs is 5. The summed E-state index contributed by atoms with van der Waals surface area (Å²) < 4.78 is 20.2. The van der Waals surface area contributed by atoms with E-state index in [4.69, 9.17) is 10.5 Å². The molecule has 1 amide bonds. The van der Waals surface area contributed by atoms with Crippen LogP contribution in [0.15, 0.2) is 55.3 Å². The van der Waals surface area contributed by atoms with Crippen LogP contribution in [0.4, 0.5) is 21.8 Å². The molecule has 1 aromatic carbocycles. The maximum atomic E-state index is 14.5. The van der Waals surface area contributed by atoms with Crippen molar-refractivity contribution in [2.75, 3.05) is 17.2 Å². The van der Waals surface area contributed by atoms with Gasteiger partial charge in [-0.3, -0.25) is 4.79 Å². The van der Waals surface area contributed by atoms with E-state index in [0.717, 1.165) is 6.20 Å². The summed E-state index contributed by atoms with van der Waals surface area (Å²) in [7, 11) is 0. The molecule has 4 bridgehead atoms. The smallest absolute Gasteiger partial charge is 0.229 e. The number of halogens is 1. The summed E-state index contributed by atoms with van der Waals surface area (Å²) in [6.45, 7) is 4.20. The van der Waals surface area contributed by atoms with Gasteiger partial charge in [-0.15, -0.1) is 6.58 Å². The first-order chi connectivity index (χ1) is 14.0. The summed E-state index contributed by atoms with van der Waals surface area (Å²) in [4.78, 5) is 20.4. The minimum absolute atomic E-state index is 0.0197. The molecule has 2 aromatic rings. The zero-order chi connectivity index (χ0) is 20.4. The SMILES string of the molecule is C=CC1CC2C=CCOc3cccc(c3)Nc3ncc(F)c(n3)NC2C1C(N)=O. The normalized spacial score (nSPS) is 25.6. The number of aromatic nitrogens is 2. The van der Waals surface area contributed by atoms with Gasteiger partial charge in [0.15, 0.2) is 11.6 Å². The van der Waals surface area contributed by atoms with Gasteiger partial charge in [0, 0.05) is 17.8 Å². The van der Waals surface area contributed by atoms with Crippen LogP contribution in [0.25, 0.3) is 0 Å². The van der Waals surface area contributed by atoms with Crippen molar-refractivity contribution in [1.29, 1.82) is 0 Å². The molecule has 150 valence electrons. The van der Waals surface area contributed by atoms with Crippen LogP contribution in [0.5, 0.6) is 5.75 Å². The lowest BCUT2D eigenvalue weighted by Crippen LogP contribution is -2.40. The number of benzene rings is 1. The van der Waals surface area contributed by atoms with Crippen LogP contribution in [0, 0.1) is 23.6 Å². The van der Waals surface area contributed by atoms with Gasteiger partial charge in [-0.05, 0) is 30.4 Å². The Hall–Kier alpha value is -3.42. The summed E-state index contributed by atoms with van der Waals surface area (Å²) in [6.07, 6.45) is 7.37. The highest BCUT2D eigenvalue weighted by Gasteiger charge is 2.44. The lowest BCUT2D eigenvalue weighted by atomic mass is 9.92. The average Bonchev–Trinajstić information content (AvgIpc) is 3.05. The fourth-order valence-electron chi connectivity index (χ4n) is 4.02. The van der Waals surface area contributed by atoms with Gasteiger partial charge in [0.2, 0.25) is 11.9 Å². The molecule has 1 saturated carbocycles. The third kappa shape index (κ3) is 3.91. The number of rotatable bonds is 2. The first-order valence-electron chi connectivity index (χ1n) is 9.42. The predicted molar refractivity (Wildman–Crippen MR) is 108 cm³/mol. The molecule has 0 radical (unpaired) electrons. The molecule has 1 aromatic heterocycles. The Morgan fingerprint density at radius 1 is 1.41 bits per heavy atom. The van der Waals surface area contributed by atoms with Gasteiger partial charge >= 0.3 is 0 Å². The molecule has 1 fully saturated rings. The Labute approximate surface area is 167 Å². The fraction of sp³-hybridized carbons (Fsp3) is 0.286. The first kappa shape index (κ1) is 18.9. The van der Waals surface area contributed by atoms with E-state index < -0.39 is 23.7 Å². The van der Waals surface area contributed by atoms with E-state index in [1.54, 1.807) is 6.08 Å². The molecule has 4 N–H and O–H groups in total. The maximum absolute atomic E-state index is 14.5. The van der Waals surface area contributed by atoms with E-state index in [-0.39, 0.29) is 23.6 Å². The van der Waals surface area contributed by atoms with Crippen LogP contribution < -0.4 is 21.1 Å². The molecule has 4 atom stereocenters. The Balaban J connectivity index is 1.76. The maximum Gasteiger partial charge on any atom is 0.229 e. The van der Waals surface area contributed by atoms with Gasteiger partial charge in [-0.2, -0.15) is 4.98 Å². The van der Waals surface area contributed by atoms with E-state index in [1.807, 2.05) is 36.4 Å². The predicted octanol–water partition coefficient (Wildman–Crippen LogP) is 3.01. The van der Waals surface area contributed by atoms with E-state index in [2.05, 4.69) is 27.2 Å². The van der Waals surface area contributed by atoms with Gasteiger partial charge in [0.1, 0.15) is 12.4 Å². The minimum atomic E-state index is -0.604. The van der Waals surface area contributed by atoms with Gasteiger partial charge < -0.3 is 21.1 Å². The van der Waals surface area contributed by atoms with Crippen molar-refractivity contribution >= 4 is 23.4 Å². The lowest BCUT2D eigenvalue weighted by molar-refractivity contribution is -0.122. The van der Waals surface area contributed by atoms with Crippen molar-refractivity contribution in [3.05, 3.63) is 61.1 Å². The molecular formula is C21H22FN5O2. The molecule has 2 aliphatic rings. The van der Waals surface area contributed by atoms with Crippen molar-refractivity contribution in [3.63, 3.8) is 0 Å². The fourth-order valence-corrected chi connectivity index (χ4v) is 4.02. The monoisotopic (exact) mass is 395 g/mol. The van der Waals surface area contributed by atoms with E-state index in [9.17, 15) is 9.18 Å². The van der Waals surface area contributed by atoms with Crippen LogP contribution in [0.3, 0.4) is 0 Å². The molecule has 4 unspecified atom stereocenters. The summed E-state index contributed by atoms with van der Waals surface area (Å²) in [6, 6.07) is 6.91. The number of nitrogens with zero attached hydrogens (tertiary/aromatic N) is 2. The largest absolute Gasteiger partial charge is 0.489 e. The molecule has 29 heavy (non-hydrogen) atoms. The number of amides is 1. The Kier molecular flexibility index (Phi) is 5.16. The topological polar surface area (TPSA) is 102 Å². The second-order valence-electron chi connectivity index (χ2n) is 7.18. The number of hydrogen-bond donors (Lipinski definition) is 3. The van der Waals surface area contributed by atoms with E-state index in [1.165, 1.54) is 0 Å². The summed E-state index contributed by atoms with van der Waals surface area (Å²) in [5.41, 5.74) is 6.38. The van der Waals surface area contributed by atoms with E-state index in [0.29, 0.717) is 24.5 Å². The van der Waals surface area contributed by atoms with Crippen LogP contribution >= 0.6 is 0 Å². The molecule has 1 aliphatic heterocycles. The number of carbonyl (C=O) groups excluding carboxylic acids is 1. The molecule has 0 spiro atoms. The number of ether oxygens (including phenoxy) is 1. The first-order valence-corrected chi connectivity index (χ1v) is 9.42. The molecule has 4 rings (SSSR count). The molecular weight excluding hydrogens is 373 g/mol. The standard InChI is InChI=1S/C21H22FN5O2/c1-2-12-9-13-5-4-8-29-15-7-3-6-14(10-15)25-21-24-11-16(22)20(27-21)26-18(13)17(12)19(23)28/h2-7,10-13,17-18H,1,8-9H2,(H2,23,28)(H2,24,25,26,27). The highest BCUT2D eigenvalue weighted by atomic mass is 19.1. The van der Waals surface area contributed by atoms with E-state index >= 15 is 0 Å². The third-order valence-electron chi connectivity index (χ3n) is 5.35. The summed E-state index contributed by atoms with van der Waals surface area (Å²) in [5.74, 6) is -0.854. The van der Waals surface area contributed by atoms with Crippen molar-refractivity contribution < 1.29 is 13.9 Å². The zero-order valence-electron chi connectivity index (χ0n) is 15.7.